The number of carbonyl (C=O) groups excluding carboxylic acids is 2. The van der Waals surface area contributed by atoms with E-state index < -0.39 is 5.91 Å². The predicted octanol–water partition coefficient (Wildman–Crippen LogP) is 4.44. The summed E-state index contributed by atoms with van der Waals surface area (Å²) in [6.07, 6.45) is 2.26. The summed E-state index contributed by atoms with van der Waals surface area (Å²) < 4.78 is 16.2. The Labute approximate surface area is 205 Å². The van der Waals surface area contributed by atoms with Gasteiger partial charge < -0.3 is 14.0 Å². The van der Waals surface area contributed by atoms with Crippen molar-refractivity contribution in [3.05, 3.63) is 59.5 Å². The molecule has 3 rings (SSSR count). The van der Waals surface area contributed by atoms with Crippen LogP contribution < -0.4 is 20.3 Å². The summed E-state index contributed by atoms with van der Waals surface area (Å²) in [5, 5.41) is 3.99. The molecule has 0 aliphatic carbocycles. The lowest BCUT2D eigenvalue weighted by molar-refractivity contribution is -0.121. The molecule has 2 N–H and O–H groups in total. The van der Waals surface area contributed by atoms with Crippen molar-refractivity contribution in [2.45, 2.75) is 52.4 Å². The first-order chi connectivity index (χ1) is 16.9. The number of aromatic nitrogens is 2. The molecule has 0 saturated carbocycles. The van der Waals surface area contributed by atoms with E-state index in [1.54, 1.807) is 18.2 Å². The van der Waals surface area contributed by atoms with Gasteiger partial charge in [0.2, 0.25) is 17.6 Å². The molecule has 35 heavy (non-hydrogen) atoms. The molecule has 186 valence electrons. The zero-order valence-corrected chi connectivity index (χ0v) is 20.6. The number of hydrogen-bond acceptors (Lipinski definition) is 7. The molecule has 0 atom stereocenters. The SMILES string of the molecule is CCCCOc1ccc(C(=O)NNC(=O)CCc2nc(-c3ccc(C(C)C)cc3)no2)cc1OC. The monoisotopic (exact) mass is 480 g/mol. The van der Waals surface area contributed by atoms with Gasteiger partial charge in [0.1, 0.15) is 0 Å². The van der Waals surface area contributed by atoms with Crippen molar-refractivity contribution >= 4 is 11.8 Å². The van der Waals surface area contributed by atoms with E-state index in [0.29, 0.717) is 41.3 Å². The van der Waals surface area contributed by atoms with Gasteiger partial charge in [-0.1, -0.05) is 56.6 Å². The minimum absolute atomic E-state index is 0.0712. The molecule has 0 bridgehead atoms. The molecule has 0 aliphatic rings. The van der Waals surface area contributed by atoms with Crippen LogP contribution in [0.4, 0.5) is 0 Å². The van der Waals surface area contributed by atoms with E-state index in [2.05, 4.69) is 41.8 Å². The lowest BCUT2D eigenvalue weighted by Crippen LogP contribution is -2.41. The number of rotatable bonds is 11. The van der Waals surface area contributed by atoms with Crippen LogP contribution in [-0.2, 0) is 11.2 Å². The van der Waals surface area contributed by atoms with E-state index in [1.807, 2.05) is 24.3 Å². The Kier molecular flexibility index (Phi) is 9.23. The molecular weight excluding hydrogens is 448 g/mol. The molecule has 1 heterocycles. The second-order valence-electron chi connectivity index (χ2n) is 8.36. The Morgan fingerprint density at radius 1 is 1.06 bits per heavy atom. The summed E-state index contributed by atoms with van der Waals surface area (Å²) in [4.78, 5) is 29.0. The van der Waals surface area contributed by atoms with Gasteiger partial charge in [0.25, 0.3) is 5.91 Å². The zero-order chi connectivity index (χ0) is 25.2. The lowest BCUT2D eigenvalue weighted by Gasteiger charge is -2.12. The molecule has 1 aromatic heterocycles. The van der Waals surface area contributed by atoms with Crippen molar-refractivity contribution < 1.29 is 23.6 Å². The largest absolute Gasteiger partial charge is 0.493 e. The van der Waals surface area contributed by atoms with Crippen molar-refractivity contribution in [2.75, 3.05) is 13.7 Å². The van der Waals surface area contributed by atoms with Crippen LogP contribution >= 0.6 is 0 Å². The van der Waals surface area contributed by atoms with Gasteiger partial charge in [0, 0.05) is 24.0 Å². The van der Waals surface area contributed by atoms with E-state index in [1.165, 1.54) is 12.7 Å². The number of ether oxygens (including phenoxy) is 2. The van der Waals surface area contributed by atoms with Gasteiger partial charge in [-0.25, -0.2) is 0 Å². The Hall–Kier alpha value is -3.88. The average Bonchev–Trinajstić information content (AvgIpc) is 3.35. The Morgan fingerprint density at radius 2 is 1.83 bits per heavy atom. The third-order valence-corrected chi connectivity index (χ3v) is 5.37. The summed E-state index contributed by atoms with van der Waals surface area (Å²) in [5.41, 5.74) is 7.20. The summed E-state index contributed by atoms with van der Waals surface area (Å²) in [6, 6.07) is 12.8. The van der Waals surface area contributed by atoms with Crippen molar-refractivity contribution in [1.82, 2.24) is 21.0 Å². The fourth-order valence-electron chi connectivity index (χ4n) is 3.23. The summed E-state index contributed by atoms with van der Waals surface area (Å²) in [5.74, 6) is 1.42. The first-order valence-corrected chi connectivity index (χ1v) is 11.7. The molecule has 0 spiro atoms. The fraction of sp³-hybridized carbons (Fsp3) is 0.385. The summed E-state index contributed by atoms with van der Waals surface area (Å²) >= 11 is 0. The van der Waals surface area contributed by atoms with Crippen LogP contribution in [0, 0.1) is 0 Å². The molecule has 9 heteroatoms. The highest BCUT2D eigenvalue weighted by Gasteiger charge is 2.14. The van der Waals surface area contributed by atoms with Gasteiger partial charge in [0.15, 0.2) is 11.5 Å². The minimum atomic E-state index is -0.471. The van der Waals surface area contributed by atoms with E-state index in [4.69, 9.17) is 14.0 Å². The Bertz CT molecular complexity index is 1130. The minimum Gasteiger partial charge on any atom is -0.493 e. The molecule has 3 aromatic rings. The third kappa shape index (κ3) is 7.30. The number of benzene rings is 2. The highest BCUT2D eigenvalue weighted by Crippen LogP contribution is 2.28. The van der Waals surface area contributed by atoms with E-state index in [0.717, 1.165) is 18.4 Å². The van der Waals surface area contributed by atoms with Crippen LogP contribution in [0.25, 0.3) is 11.4 Å². The molecule has 0 aliphatic heterocycles. The zero-order valence-electron chi connectivity index (χ0n) is 20.6. The number of amides is 2. The second-order valence-corrected chi connectivity index (χ2v) is 8.36. The van der Waals surface area contributed by atoms with Crippen molar-refractivity contribution in [1.29, 1.82) is 0 Å². The maximum atomic E-state index is 12.4. The maximum Gasteiger partial charge on any atom is 0.269 e. The number of nitrogens with one attached hydrogen (secondary N) is 2. The maximum absolute atomic E-state index is 12.4. The van der Waals surface area contributed by atoms with Gasteiger partial charge in [-0.3, -0.25) is 20.4 Å². The Balaban J connectivity index is 1.48. The fourth-order valence-corrected chi connectivity index (χ4v) is 3.23. The standard InChI is InChI=1S/C26H32N4O5/c1-5-6-15-34-21-12-11-20(16-22(21)33-4)26(32)29-28-23(31)13-14-24-27-25(30-35-24)19-9-7-18(8-10-19)17(2)3/h7-12,16-17H,5-6,13-15H2,1-4H3,(H,28,31)(H,29,32). The van der Waals surface area contributed by atoms with Crippen molar-refractivity contribution in [3.63, 3.8) is 0 Å². The topological polar surface area (TPSA) is 116 Å². The number of unbranched alkanes of at least 4 members (excludes halogenated alkanes) is 1. The van der Waals surface area contributed by atoms with Crippen molar-refractivity contribution in [3.8, 4) is 22.9 Å². The smallest absolute Gasteiger partial charge is 0.269 e. The van der Waals surface area contributed by atoms with Crippen LogP contribution in [0.5, 0.6) is 11.5 Å². The molecule has 0 saturated heterocycles. The Morgan fingerprint density at radius 3 is 2.51 bits per heavy atom. The molecule has 2 amide bonds. The van der Waals surface area contributed by atoms with Crippen LogP contribution in [0.1, 0.15) is 67.8 Å². The van der Waals surface area contributed by atoms with Gasteiger partial charge in [-0.2, -0.15) is 4.98 Å². The number of carbonyl (C=O) groups is 2. The predicted molar refractivity (Wildman–Crippen MR) is 131 cm³/mol. The highest BCUT2D eigenvalue weighted by atomic mass is 16.5. The normalized spacial score (nSPS) is 10.8. The number of aryl methyl sites for hydroxylation is 1. The first-order valence-electron chi connectivity index (χ1n) is 11.7. The van der Waals surface area contributed by atoms with Crippen LogP contribution in [-0.4, -0.2) is 35.7 Å². The molecular formula is C26H32N4O5. The van der Waals surface area contributed by atoms with Crippen molar-refractivity contribution in [2.24, 2.45) is 0 Å². The molecule has 0 unspecified atom stereocenters. The van der Waals surface area contributed by atoms with Gasteiger partial charge in [0.05, 0.1) is 13.7 Å². The van der Waals surface area contributed by atoms with E-state index in [9.17, 15) is 9.59 Å². The van der Waals surface area contributed by atoms with Gasteiger partial charge >= 0.3 is 0 Å². The average molecular weight is 481 g/mol. The number of nitrogens with zero attached hydrogens (tertiary/aromatic N) is 2. The number of methoxy groups -OCH3 is 1. The van der Waals surface area contributed by atoms with E-state index >= 15 is 0 Å². The highest BCUT2D eigenvalue weighted by molar-refractivity contribution is 5.96. The van der Waals surface area contributed by atoms with Crippen LogP contribution in [0.15, 0.2) is 47.0 Å². The lowest BCUT2D eigenvalue weighted by atomic mass is 10.0. The molecule has 0 radical (unpaired) electrons. The number of hydrogen-bond donors (Lipinski definition) is 2. The third-order valence-electron chi connectivity index (χ3n) is 5.37. The molecule has 0 fully saturated rings. The number of hydrazine groups is 1. The van der Waals surface area contributed by atoms with Crippen LogP contribution in [0.3, 0.4) is 0 Å². The second kappa shape index (κ2) is 12.5. The quantitative estimate of drug-likeness (QED) is 0.308. The van der Waals surface area contributed by atoms with Gasteiger partial charge in [-0.15, -0.1) is 0 Å². The van der Waals surface area contributed by atoms with Gasteiger partial charge in [-0.05, 0) is 36.1 Å². The summed E-state index contributed by atoms with van der Waals surface area (Å²) in [6.45, 7) is 6.91. The molecule has 2 aromatic carbocycles. The van der Waals surface area contributed by atoms with Crippen LogP contribution in [0.2, 0.25) is 0 Å². The summed E-state index contributed by atoms with van der Waals surface area (Å²) in [7, 11) is 1.51. The molecule has 9 nitrogen and oxygen atoms in total. The van der Waals surface area contributed by atoms with E-state index in [-0.39, 0.29) is 18.7 Å². The first kappa shape index (κ1) is 25.7.